The lowest BCUT2D eigenvalue weighted by Crippen LogP contribution is -2.45. The van der Waals surface area contributed by atoms with Gasteiger partial charge in [0.2, 0.25) is 5.91 Å². The fourth-order valence-corrected chi connectivity index (χ4v) is 11.0. The van der Waals surface area contributed by atoms with Crippen molar-refractivity contribution in [3.8, 4) is 0 Å². The van der Waals surface area contributed by atoms with Crippen LogP contribution in [-0.4, -0.2) is 47.4 Å². The van der Waals surface area contributed by atoms with Gasteiger partial charge in [-0.25, -0.2) is 0 Å². The van der Waals surface area contributed by atoms with E-state index in [1.165, 1.54) is 295 Å². The summed E-state index contributed by atoms with van der Waals surface area (Å²) in [4.78, 5) is 24.6. The molecule has 474 valence electrons. The van der Waals surface area contributed by atoms with Gasteiger partial charge in [0, 0.05) is 12.8 Å². The number of nitrogens with one attached hydrogen (secondary N) is 1. The van der Waals surface area contributed by atoms with E-state index in [-0.39, 0.29) is 18.5 Å². The van der Waals surface area contributed by atoms with Gasteiger partial charge in [0.05, 0.1) is 25.4 Å². The fourth-order valence-electron chi connectivity index (χ4n) is 11.0. The Labute approximate surface area is 505 Å². The van der Waals surface area contributed by atoms with E-state index in [1.54, 1.807) is 6.08 Å². The molecule has 0 aromatic rings. The second-order valence-corrected chi connectivity index (χ2v) is 24.6. The molecule has 0 saturated heterocycles. The third kappa shape index (κ3) is 66.6. The molecule has 0 fully saturated rings. The molecule has 1 amide bonds. The summed E-state index contributed by atoms with van der Waals surface area (Å²) in [5.41, 5.74) is 0. The van der Waals surface area contributed by atoms with Crippen LogP contribution < -0.4 is 5.32 Å². The Balaban J connectivity index is 3.43. The number of carbonyl (C=O) groups excluding carboxylic acids is 2. The molecule has 0 aliphatic rings. The van der Waals surface area contributed by atoms with E-state index in [0.29, 0.717) is 19.4 Å². The number of hydrogen-bond donors (Lipinski definition) is 3. The number of rotatable bonds is 67. The molecule has 0 aliphatic heterocycles. The average Bonchev–Trinajstić information content (AvgIpc) is 3.47. The standard InChI is InChI=1S/C75H139NO5/c1-3-5-7-9-11-13-15-17-19-21-36-39-43-47-51-55-59-63-67-73(78)72(71-77)76-74(79)68-64-60-56-52-48-44-40-37-33-31-29-27-25-23-22-24-26-28-30-32-34-38-42-46-50-54-58-62-66-70-81-75(80)69-65-61-57-53-49-45-41-35-20-18-16-14-12-10-8-6-4-2/h12,14,18,20,22,24,28,30,63,67,72-73,77-78H,3-11,13,15-17,19,21,23,25-27,29,31-62,64-66,68-71H2,1-2H3,(H,76,79)/b14-12-,20-18-,24-22-,30-28-,67-63+. The summed E-state index contributed by atoms with van der Waals surface area (Å²) in [5.74, 6) is -0.0630. The summed E-state index contributed by atoms with van der Waals surface area (Å²) in [5, 5.41) is 23.2. The maximum atomic E-state index is 12.5. The third-order valence-corrected chi connectivity index (χ3v) is 16.5. The first-order chi connectivity index (χ1) is 40.0. The lowest BCUT2D eigenvalue weighted by molar-refractivity contribution is -0.143. The molecule has 0 aromatic heterocycles. The lowest BCUT2D eigenvalue weighted by atomic mass is 10.0. The summed E-state index contributed by atoms with van der Waals surface area (Å²) < 4.78 is 5.49. The van der Waals surface area contributed by atoms with E-state index >= 15 is 0 Å². The Morgan fingerprint density at radius 3 is 0.963 bits per heavy atom. The first-order valence-electron chi connectivity index (χ1n) is 36.1. The quantitative estimate of drug-likeness (QED) is 0.0320. The highest BCUT2D eigenvalue weighted by Crippen LogP contribution is 2.18. The molecule has 0 spiro atoms. The summed E-state index contributed by atoms with van der Waals surface area (Å²) in [6.07, 6.45) is 93.0. The van der Waals surface area contributed by atoms with Crippen LogP contribution in [0.4, 0.5) is 0 Å². The molecule has 0 aliphatic carbocycles. The molecule has 0 bridgehead atoms. The van der Waals surface area contributed by atoms with E-state index in [1.807, 2.05) is 6.08 Å². The van der Waals surface area contributed by atoms with Crippen LogP contribution in [0.15, 0.2) is 60.8 Å². The summed E-state index contributed by atoms with van der Waals surface area (Å²) >= 11 is 0. The molecule has 0 rings (SSSR count). The molecule has 6 nitrogen and oxygen atoms in total. The summed E-state index contributed by atoms with van der Waals surface area (Å²) in [6, 6.07) is -0.630. The fraction of sp³-hybridized carbons (Fsp3) is 0.840. The molecule has 0 heterocycles. The largest absolute Gasteiger partial charge is 0.466 e. The smallest absolute Gasteiger partial charge is 0.305 e. The van der Waals surface area contributed by atoms with Gasteiger partial charge in [0.1, 0.15) is 0 Å². The maximum absolute atomic E-state index is 12.5. The van der Waals surface area contributed by atoms with Crippen molar-refractivity contribution in [2.45, 2.75) is 392 Å². The van der Waals surface area contributed by atoms with Gasteiger partial charge in [-0.2, -0.15) is 0 Å². The van der Waals surface area contributed by atoms with Crippen molar-refractivity contribution in [2.75, 3.05) is 13.2 Å². The van der Waals surface area contributed by atoms with Gasteiger partial charge in [-0.1, -0.05) is 331 Å². The molecule has 0 aromatic carbocycles. The van der Waals surface area contributed by atoms with E-state index in [9.17, 15) is 19.8 Å². The number of amides is 1. The van der Waals surface area contributed by atoms with Crippen molar-refractivity contribution >= 4 is 11.9 Å². The van der Waals surface area contributed by atoms with Crippen LogP contribution in [0.3, 0.4) is 0 Å². The normalized spacial score (nSPS) is 12.9. The van der Waals surface area contributed by atoms with Gasteiger partial charge in [-0.3, -0.25) is 9.59 Å². The molecule has 2 unspecified atom stereocenters. The Hall–Kier alpha value is -2.44. The monoisotopic (exact) mass is 1130 g/mol. The van der Waals surface area contributed by atoms with Crippen molar-refractivity contribution in [3.63, 3.8) is 0 Å². The molecular formula is C75H139NO5. The maximum Gasteiger partial charge on any atom is 0.305 e. The van der Waals surface area contributed by atoms with Crippen LogP contribution in [0.1, 0.15) is 380 Å². The van der Waals surface area contributed by atoms with E-state index in [0.717, 1.165) is 57.8 Å². The first kappa shape index (κ1) is 78.6. The average molecular weight is 1130 g/mol. The minimum absolute atomic E-state index is 0.00384. The minimum Gasteiger partial charge on any atom is -0.466 e. The van der Waals surface area contributed by atoms with Crippen LogP contribution >= 0.6 is 0 Å². The highest BCUT2D eigenvalue weighted by Gasteiger charge is 2.18. The number of unbranched alkanes of at least 4 members (excludes halogenated alkanes) is 48. The number of carbonyl (C=O) groups is 2. The van der Waals surface area contributed by atoms with Gasteiger partial charge in [-0.05, 0) is 96.3 Å². The van der Waals surface area contributed by atoms with Crippen LogP contribution in [-0.2, 0) is 14.3 Å². The zero-order valence-corrected chi connectivity index (χ0v) is 54.3. The minimum atomic E-state index is -0.847. The molecule has 0 saturated carbocycles. The van der Waals surface area contributed by atoms with Gasteiger partial charge >= 0.3 is 5.97 Å². The van der Waals surface area contributed by atoms with Gasteiger partial charge in [-0.15, -0.1) is 0 Å². The highest BCUT2D eigenvalue weighted by atomic mass is 16.5. The van der Waals surface area contributed by atoms with Gasteiger partial charge in [0.25, 0.3) is 0 Å². The molecule has 2 atom stereocenters. The SMILES string of the molecule is CCCCC/C=C\C/C=C\CCCCCCCCCC(=O)OCCCCCCCCCCC/C=C\C/C=C\CCCCCCCCCCCCCCCC(=O)NC(CO)C(O)/C=C/CCCCCCCCCCCCCCCCCC. The first-order valence-corrected chi connectivity index (χ1v) is 36.1. The Morgan fingerprint density at radius 1 is 0.346 bits per heavy atom. The molecule has 3 N–H and O–H groups in total. The number of hydrogen-bond acceptors (Lipinski definition) is 5. The predicted molar refractivity (Wildman–Crippen MR) is 356 cm³/mol. The lowest BCUT2D eigenvalue weighted by Gasteiger charge is -2.20. The van der Waals surface area contributed by atoms with Crippen LogP contribution in [0.2, 0.25) is 0 Å². The Bertz CT molecular complexity index is 1400. The number of allylic oxidation sites excluding steroid dienone is 9. The molecule has 81 heavy (non-hydrogen) atoms. The zero-order valence-electron chi connectivity index (χ0n) is 54.3. The van der Waals surface area contributed by atoms with Crippen molar-refractivity contribution < 1.29 is 24.5 Å². The molecule has 0 radical (unpaired) electrons. The number of ether oxygens (including phenoxy) is 1. The topological polar surface area (TPSA) is 95.9 Å². The predicted octanol–water partition coefficient (Wildman–Crippen LogP) is 23.4. The zero-order chi connectivity index (χ0) is 58.5. The van der Waals surface area contributed by atoms with E-state index in [4.69, 9.17) is 4.74 Å². The second-order valence-electron chi connectivity index (χ2n) is 24.6. The Kier molecular flexibility index (Phi) is 67.9. The van der Waals surface area contributed by atoms with Gasteiger partial charge < -0.3 is 20.3 Å². The third-order valence-electron chi connectivity index (χ3n) is 16.5. The van der Waals surface area contributed by atoms with Crippen molar-refractivity contribution in [2.24, 2.45) is 0 Å². The number of aliphatic hydroxyl groups excluding tert-OH is 2. The van der Waals surface area contributed by atoms with Crippen LogP contribution in [0.25, 0.3) is 0 Å². The summed E-state index contributed by atoms with van der Waals surface area (Å²) in [7, 11) is 0. The van der Waals surface area contributed by atoms with E-state index in [2.05, 4.69) is 67.8 Å². The van der Waals surface area contributed by atoms with Crippen LogP contribution in [0, 0.1) is 0 Å². The molecule has 6 heteroatoms. The van der Waals surface area contributed by atoms with E-state index < -0.39 is 12.1 Å². The summed E-state index contributed by atoms with van der Waals surface area (Å²) in [6.45, 7) is 4.90. The molecular weight excluding hydrogens is 995 g/mol. The highest BCUT2D eigenvalue weighted by molar-refractivity contribution is 5.76. The van der Waals surface area contributed by atoms with Gasteiger partial charge in [0.15, 0.2) is 0 Å². The van der Waals surface area contributed by atoms with Crippen molar-refractivity contribution in [1.82, 2.24) is 5.32 Å². The Morgan fingerprint density at radius 2 is 0.617 bits per heavy atom. The van der Waals surface area contributed by atoms with Crippen molar-refractivity contribution in [3.05, 3.63) is 60.8 Å². The second kappa shape index (κ2) is 70.0. The number of aliphatic hydroxyl groups is 2. The van der Waals surface area contributed by atoms with Crippen LogP contribution in [0.5, 0.6) is 0 Å². The van der Waals surface area contributed by atoms with Crippen molar-refractivity contribution in [1.29, 1.82) is 0 Å². The number of esters is 1.